The van der Waals surface area contributed by atoms with E-state index < -0.39 is 0 Å². The van der Waals surface area contributed by atoms with E-state index in [1.807, 2.05) is 4.52 Å². The quantitative estimate of drug-likeness (QED) is 0.791. The van der Waals surface area contributed by atoms with Crippen molar-refractivity contribution in [2.24, 2.45) is 0 Å². The van der Waals surface area contributed by atoms with Crippen molar-refractivity contribution in [2.45, 2.75) is 63.8 Å². The minimum Gasteiger partial charge on any atom is -0.357 e. The first-order valence-electron chi connectivity index (χ1n) is 8.34. The molecule has 3 rings (SSSR count). The number of thioether (sulfide) groups is 1. The van der Waals surface area contributed by atoms with Gasteiger partial charge in [0.1, 0.15) is 5.82 Å². The van der Waals surface area contributed by atoms with Crippen molar-refractivity contribution < 1.29 is 0 Å². The summed E-state index contributed by atoms with van der Waals surface area (Å²) in [7, 11) is 0. The fourth-order valence-corrected chi connectivity index (χ4v) is 3.80. The molecular weight excluding hydrogens is 294 g/mol. The highest BCUT2D eigenvalue weighted by Gasteiger charge is 2.23. The molecule has 0 fully saturated rings. The van der Waals surface area contributed by atoms with Crippen LogP contribution >= 0.6 is 11.8 Å². The maximum Gasteiger partial charge on any atom is 0.255 e. The van der Waals surface area contributed by atoms with Gasteiger partial charge in [0.05, 0.1) is 5.69 Å². The van der Waals surface area contributed by atoms with Gasteiger partial charge >= 0.3 is 0 Å². The summed E-state index contributed by atoms with van der Waals surface area (Å²) in [5, 5.41) is 6.05. The Kier molecular flexibility index (Phi) is 4.57. The minimum atomic E-state index is 0.476. The molecule has 0 aliphatic heterocycles. The van der Waals surface area contributed by atoms with Crippen LogP contribution in [0.4, 0.5) is 5.82 Å². The number of hydrogen-bond acceptors (Lipinski definition) is 5. The highest BCUT2D eigenvalue weighted by molar-refractivity contribution is 7.99. The molecule has 120 valence electrons. The minimum absolute atomic E-state index is 0.476. The van der Waals surface area contributed by atoms with Gasteiger partial charge in [-0.05, 0) is 39.5 Å². The van der Waals surface area contributed by atoms with Crippen LogP contribution in [0.3, 0.4) is 0 Å². The molecule has 0 aromatic carbocycles. The largest absolute Gasteiger partial charge is 0.357 e. The molecule has 2 aromatic heterocycles. The fraction of sp³-hybridized carbons (Fsp3) is 0.688. The van der Waals surface area contributed by atoms with E-state index in [2.05, 4.69) is 37.6 Å². The number of aryl methyl sites for hydroxylation is 1. The van der Waals surface area contributed by atoms with Crippen molar-refractivity contribution >= 4 is 23.4 Å². The van der Waals surface area contributed by atoms with Crippen LogP contribution in [-0.4, -0.2) is 37.9 Å². The van der Waals surface area contributed by atoms with Crippen molar-refractivity contribution in [3.8, 4) is 0 Å². The Morgan fingerprint density at radius 2 is 1.86 bits per heavy atom. The number of rotatable bonds is 5. The third-order valence-corrected chi connectivity index (χ3v) is 4.97. The molecule has 0 radical (unpaired) electrons. The van der Waals surface area contributed by atoms with E-state index in [-0.39, 0.29) is 0 Å². The molecule has 0 spiro atoms. The van der Waals surface area contributed by atoms with Crippen molar-refractivity contribution in [3.63, 3.8) is 0 Å². The lowest BCUT2D eigenvalue weighted by Gasteiger charge is -2.27. The number of aromatic nitrogens is 4. The first-order chi connectivity index (χ1) is 10.6. The zero-order chi connectivity index (χ0) is 15.7. The van der Waals surface area contributed by atoms with Crippen LogP contribution in [0.5, 0.6) is 0 Å². The van der Waals surface area contributed by atoms with Crippen LogP contribution in [0.2, 0.25) is 0 Å². The fourth-order valence-electron chi connectivity index (χ4n) is 3.11. The zero-order valence-electron chi connectivity index (χ0n) is 14.0. The second-order valence-corrected chi connectivity index (χ2v) is 7.56. The van der Waals surface area contributed by atoms with Gasteiger partial charge in [-0.15, -0.1) is 5.10 Å². The average molecular weight is 319 g/mol. The van der Waals surface area contributed by atoms with E-state index in [0.29, 0.717) is 5.25 Å². The Bertz CT molecular complexity index is 660. The smallest absolute Gasteiger partial charge is 0.255 e. The predicted molar refractivity (Wildman–Crippen MR) is 92.0 cm³/mol. The van der Waals surface area contributed by atoms with E-state index in [1.54, 1.807) is 11.8 Å². The topological polar surface area (TPSA) is 46.3 Å². The van der Waals surface area contributed by atoms with Crippen LogP contribution in [-0.2, 0) is 12.8 Å². The number of hydrogen-bond donors (Lipinski definition) is 0. The van der Waals surface area contributed by atoms with Crippen molar-refractivity contribution in [2.75, 3.05) is 18.0 Å². The Morgan fingerprint density at radius 1 is 1.14 bits per heavy atom. The molecule has 2 heterocycles. The number of nitrogens with zero attached hydrogens (tertiary/aromatic N) is 5. The summed E-state index contributed by atoms with van der Waals surface area (Å²) in [5.41, 5.74) is 2.61. The molecule has 0 amide bonds. The van der Waals surface area contributed by atoms with Gasteiger partial charge in [-0.1, -0.05) is 25.6 Å². The van der Waals surface area contributed by atoms with E-state index >= 15 is 0 Å². The Balaban J connectivity index is 2.19. The first-order valence-corrected chi connectivity index (χ1v) is 9.22. The summed E-state index contributed by atoms with van der Waals surface area (Å²) in [5.74, 6) is 1.97. The van der Waals surface area contributed by atoms with E-state index in [1.165, 1.54) is 29.9 Å². The van der Waals surface area contributed by atoms with E-state index in [9.17, 15) is 0 Å². The van der Waals surface area contributed by atoms with E-state index in [0.717, 1.165) is 36.9 Å². The summed E-state index contributed by atoms with van der Waals surface area (Å²) in [6, 6.07) is 0. The average Bonchev–Trinajstić information content (AvgIpc) is 2.88. The third kappa shape index (κ3) is 2.81. The number of anilines is 1. The number of fused-ring (bicyclic) bond motifs is 2. The van der Waals surface area contributed by atoms with Crippen LogP contribution < -0.4 is 4.90 Å². The van der Waals surface area contributed by atoms with Crippen LogP contribution in [0.15, 0.2) is 5.16 Å². The highest BCUT2D eigenvalue weighted by atomic mass is 32.2. The molecule has 0 N–H and O–H groups in total. The van der Waals surface area contributed by atoms with Gasteiger partial charge in [-0.3, -0.25) is 0 Å². The summed E-state index contributed by atoms with van der Waals surface area (Å²) in [6.45, 7) is 10.7. The molecule has 22 heavy (non-hydrogen) atoms. The lowest BCUT2D eigenvalue weighted by molar-refractivity contribution is 0.650. The second kappa shape index (κ2) is 6.44. The molecule has 1 aliphatic carbocycles. The zero-order valence-corrected chi connectivity index (χ0v) is 14.8. The molecule has 5 nitrogen and oxygen atoms in total. The molecule has 6 heteroatoms. The molecule has 0 bridgehead atoms. The normalized spacial score (nSPS) is 14.6. The summed E-state index contributed by atoms with van der Waals surface area (Å²) < 4.78 is 1.97. The van der Waals surface area contributed by atoms with Gasteiger partial charge in [-0.2, -0.15) is 9.50 Å². The van der Waals surface area contributed by atoms with Crippen LogP contribution in [0, 0.1) is 0 Å². The molecule has 0 saturated heterocycles. The maximum absolute atomic E-state index is 4.80. The van der Waals surface area contributed by atoms with Crippen LogP contribution in [0.1, 0.15) is 51.8 Å². The summed E-state index contributed by atoms with van der Waals surface area (Å²) in [6.07, 6.45) is 4.66. The molecule has 1 aliphatic rings. The summed E-state index contributed by atoms with van der Waals surface area (Å²) >= 11 is 1.70. The lowest BCUT2D eigenvalue weighted by atomic mass is 9.96. The predicted octanol–water partition coefficient (Wildman–Crippen LogP) is 3.35. The maximum atomic E-state index is 4.80. The third-order valence-electron chi connectivity index (χ3n) is 4.12. The molecule has 0 unspecified atom stereocenters. The molecule has 0 atom stereocenters. The SMILES string of the molecule is CCN(CC)c1c2c(nc3nc(SC(C)C)nn13)CCCC2. The van der Waals surface area contributed by atoms with Gasteiger partial charge < -0.3 is 4.90 Å². The van der Waals surface area contributed by atoms with Gasteiger partial charge in [0.15, 0.2) is 0 Å². The lowest BCUT2D eigenvalue weighted by Crippen LogP contribution is -2.28. The Hall–Kier alpha value is -1.30. The van der Waals surface area contributed by atoms with Crippen molar-refractivity contribution in [3.05, 3.63) is 11.3 Å². The highest BCUT2D eigenvalue weighted by Crippen LogP contribution is 2.31. The Labute approximate surface area is 136 Å². The van der Waals surface area contributed by atoms with E-state index in [4.69, 9.17) is 10.1 Å². The van der Waals surface area contributed by atoms with Gasteiger partial charge in [0.25, 0.3) is 5.78 Å². The van der Waals surface area contributed by atoms with Gasteiger partial charge in [-0.25, -0.2) is 4.98 Å². The molecule has 2 aromatic rings. The Morgan fingerprint density at radius 3 is 2.55 bits per heavy atom. The second-order valence-electron chi connectivity index (χ2n) is 6.01. The summed E-state index contributed by atoms with van der Waals surface area (Å²) in [4.78, 5) is 11.8. The molecule has 0 saturated carbocycles. The first kappa shape index (κ1) is 15.6. The standard InChI is InChI=1S/C16H25N5S/c1-5-20(6-2)14-12-9-7-8-10-13(12)17-15-18-16(19-21(14)15)22-11(3)4/h11H,5-10H2,1-4H3. The van der Waals surface area contributed by atoms with Gasteiger partial charge in [0.2, 0.25) is 5.16 Å². The van der Waals surface area contributed by atoms with Crippen LogP contribution in [0.25, 0.3) is 5.78 Å². The van der Waals surface area contributed by atoms with Gasteiger partial charge in [0, 0.05) is 23.9 Å². The van der Waals surface area contributed by atoms with Crippen molar-refractivity contribution in [1.29, 1.82) is 0 Å². The monoisotopic (exact) mass is 319 g/mol. The van der Waals surface area contributed by atoms with Crippen molar-refractivity contribution in [1.82, 2.24) is 19.6 Å². The molecular formula is C16H25N5S.